The van der Waals surface area contributed by atoms with Gasteiger partial charge < -0.3 is 19.1 Å². The molecule has 1 saturated heterocycles. The minimum absolute atomic E-state index is 0.213. The molecule has 1 aromatic carbocycles. The summed E-state index contributed by atoms with van der Waals surface area (Å²) in [5, 5.41) is 12.8. The van der Waals surface area contributed by atoms with Crippen LogP contribution in [0.5, 0.6) is 5.75 Å². The van der Waals surface area contributed by atoms with Crippen LogP contribution in [0.3, 0.4) is 0 Å². The Morgan fingerprint density at radius 2 is 2.07 bits per heavy atom. The van der Waals surface area contributed by atoms with E-state index in [1.165, 1.54) is 6.92 Å². The molecule has 0 amide bonds. The minimum atomic E-state index is -3.99. The molecule has 1 aliphatic heterocycles. The van der Waals surface area contributed by atoms with Crippen LogP contribution in [0.1, 0.15) is 27.2 Å². The van der Waals surface area contributed by atoms with E-state index in [4.69, 9.17) is 30.1 Å². The molecule has 0 aromatic heterocycles. The standard InChI is InChI=1S/C18H25ClNO7P/c1-11(2)25-17(22)12(3)20-28(23,27-13-7-5-4-6-8-13)24-10-14-16(21)18(19)9-15(18)26-14/h4-8,11-12,14-16,21H,9-10H2,1-3H3,(H,20,23). The molecule has 2 N–H and O–H groups in total. The Bertz CT molecular complexity index is 749. The Labute approximate surface area is 169 Å². The van der Waals surface area contributed by atoms with Crippen LogP contribution in [-0.2, 0) is 23.4 Å². The SMILES string of the molecule is CC(C)OC(=O)C(C)NP(=O)(OCC1OC2CC2(Cl)C1O)Oc1ccccc1. The summed E-state index contributed by atoms with van der Waals surface area (Å²) in [5.74, 6) is -0.291. The number of esters is 1. The molecule has 0 bridgehead atoms. The molecule has 0 radical (unpaired) electrons. The van der Waals surface area contributed by atoms with E-state index in [1.54, 1.807) is 44.2 Å². The number of fused-ring (bicyclic) bond motifs is 1. The van der Waals surface area contributed by atoms with Crippen molar-refractivity contribution in [3.05, 3.63) is 30.3 Å². The first kappa shape index (κ1) is 21.6. The van der Waals surface area contributed by atoms with Gasteiger partial charge >= 0.3 is 13.7 Å². The zero-order valence-electron chi connectivity index (χ0n) is 15.9. The molecule has 10 heteroatoms. The van der Waals surface area contributed by atoms with E-state index in [2.05, 4.69) is 5.09 Å². The van der Waals surface area contributed by atoms with Crippen LogP contribution in [0.15, 0.2) is 30.3 Å². The maximum Gasteiger partial charge on any atom is 0.459 e. The molecule has 1 heterocycles. The number of aliphatic hydroxyl groups is 1. The number of para-hydroxylation sites is 1. The predicted molar refractivity (Wildman–Crippen MR) is 102 cm³/mol. The zero-order valence-corrected chi connectivity index (χ0v) is 17.6. The van der Waals surface area contributed by atoms with E-state index >= 15 is 0 Å². The second-order valence-corrected chi connectivity index (χ2v) is 9.67. The highest BCUT2D eigenvalue weighted by Gasteiger charge is 2.67. The molecule has 2 aliphatic rings. The molecule has 156 valence electrons. The molecular formula is C18H25ClNO7P. The van der Waals surface area contributed by atoms with Gasteiger partial charge in [-0.05, 0) is 39.3 Å². The zero-order chi connectivity index (χ0) is 20.5. The number of hydrogen-bond acceptors (Lipinski definition) is 7. The van der Waals surface area contributed by atoms with Gasteiger partial charge in [0, 0.05) is 0 Å². The van der Waals surface area contributed by atoms with Gasteiger partial charge in [0.1, 0.15) is 28.9 Å². The first-order valence-electron chi connectivity index (χ1n) is 9.13. The highest BCUT2D eigenvalue weighted by molar-refractivity contribution is 7.52. The van der Waals surface area contributed by atoms with Crippen molar-refractivity contribution in [2.24, 2.45) is 0 Å². The van der Waals surface area contributed by atoms with E-state index in [0.29, 0.717) is 12.2 Å². The fraction of sp³-hybridized carbons (Fsp3) is 0.611. The van der Waals surface area contributed by atoms with Crippen molar-refractivity contribution >= 4 is 25.3 Å². The smallest absolute Gasteiger partial charge is 0.459 e. The van der Waals surface area contributed by atoms with Crippen LogP contribution >= 0.6 is 19.3 Å². The van der Waals surface area contributed by atoms with Crippen molar-refractivity contribution in [1.29, 1.82) is 0 Å². The Morgan fingerprint density at radius 1 is 1.39 bits per heavy atom. The van der Waals surface area contributed by atoms with Gasteiger partial charge in [-0.2, -0.15) is 5.09 Å². The predicted octanol–water partition coefficient (Wildman–Crippen LogP) is 2.63. The van der Waals surface area contributed by atoms with Crippen LogP contribution in [0.2, 0.25) is 0 Å². The van der Waals surface area contributed by atoms with Crippen LogP contribution in [0.25, 0.3) is 0 Å². The summed E-state index contributed by atoms with van der Waals surface area (Å²) in [5.41, 5.74) is 0. The first-order valence-corrected chi connectivity index (χ1v) is 11.0. The third kappa shape index (κ3) is 4.87. The van der Waals surface area contributed by atoms with Crippen molar-refractivity contribution in [3.63, 3.8) is 0 Å². The van der Waals surface area contributed by atoms with Crippen LogP contribution < -0.4 is 9.61 Å². The van der Waals surface area contributed by atoms with Crippen molar-refractivity contribution in [1.82, 2.24) is 5.09 Å². The van der Waals surface area contributed by atoms with E-state index < -0.39 is 36.8 Å². The lowest BCUT2D eigenvalue weighted by Crippen LogP contribution is -2.38. The quantitative estimate of drug-likeness (QED) is 0.348. The molecule has 6 atom stereocenters. The van der Waals surface area contributed by atoms with Crippen LogP contribution in [0.4, 0.5) is 0 Å². The van der Waals surface area contributed by atoms with Crippen LogP contribution in [0, 0.1) is 0 Å². The number of carbonyl (C=O) groups excluding carboxylic acids is 1. The number of halogens is 1. The molecule has 0 spiro atoms. The number of aliphatic hydroxyl groups excluding tert-OH is 1. The number of alkyl halides is 1. The molecule has 2 fully saturated rings. The maximum absolute atomic E-state index is 13.3. The second kappa shape index (κ2) is 8.30. The number of hydrogen-bond donors (Lipinski definition) is 2. The van der Waals surface area contributed by atoms with Gasteiger partial charge in [0.15, 0.2) is 0 Å². The molecule has 6 unspecified atom stereocenters. The summed E-state index contributed by atoms with van der Waals surface area (Å²) in [6.07, 6.45) is -1.65. The van der Waals surface area contributed by atoms with Gasteiger partial charge in [-0.3, -0.25) is 9.32 Å². The fourth-order valence-corrected chi connectivity index (χ4v) is 4.76. The number of ether oxygens (including phenoxy) is 2. The monoisotopic (exact) mass is 433 g/mol. The number of nitrogens with one attached hydrogen (secondary N) is 1. The van der Waals surface area contributed by atoms with E-state index in [-0.39, 0.29) is 18.8 Å². The third-order valence-electron chi connectivity index (χ3n) is 4.49. The summed E-state index contributed by atoms with van der Waals surface area (Å²) in [4.78, 5) is 11.3. The van der Waals surface area contributed by atoms with Crippen molar-refractivity contribution in [3.8, 4) is 5.75 Å². The van der Waals surface area contributed by atoms with Gasteiger partial charge in [0.05, 0.1) is 18.8 Å². The molecule has 1 aromatic rings. The number of rotatable bonds is 9. The summed E-state index contributed by atoms with van der Waals surface area (Å²) < 4.78 is 35.0. The van der Waals surface area contributed by atoms with Gasteiger partial charge in [0.2, 0.25) is 0 Å². The summed E-state index contributed by atoms with van der Waals surface area (Å²) >= 11 is 6.23. The summed E-state index contributed by atoms with van der Waals surface area (Å²) in [6, 6.07) is 7.48. The lowest BCUT2D eigenvalue weighted by Gasteiger charge is -2.25. The highest BCUT2D eigenvalue weighted by atomic mass is 35.5. The van der Waals surface area contributed by atoms with Crippen molar-refractivity contribution in [2.45, 2.75) is 62.5 Å². The van der Waals surface area contributed by atoms with Gasteiger partial charge in [-0.1, -0.05) is 18.2 Å². The normalized spacial score (nSPS) is 31.7. The number of carbonyl (C=O) groups is 1. The molecule has 3 rings (SSSR count). The van der Waals surface area contributed by atoms with Gasteiger partial charge in [0.25, 0.3) is 0 Å². The second-order valence-electron chi connectivity index (χ2n) is 7.27. The third-order valence-corrected chi connectivity index (χ3v) is 6.76. The lowest BCUT2D eigenvalue weighted by atomic mass is 10.1. The lowest BCUT2D eigenvalue weighted by molar-refractivity contribution is -0.149. The maximum atomic E-state index is 13.3. The van der Waals surface area contributed by atoms with Gasteiger partial charge in [-0.25, -0.2) is 4.57 Å². The summed E-state index contributed by atoms with van der Waals surface area (Å²) in [7, 11) is -3.99. The number of benzene rings is 1. The van der Waals surface area contributed by atoms with Crippen LogP contribution in [-0.4, -0.2) is 53.0 Å². The molecule has 1 saturated carbocycles. The summed E-state index contributed by atoms with van der Waals surface area (Å²) in [6.45, 7) is 4.72. The van der Waals surface area contributed by atoms with E-state index in [0.717, 1.165) is 0 Å². The van der Waals surface area contributed by atoms with E-state index in [1.807, 2.05) is 0 Å². The largest absolute Gasteiger partial charge is 0.462 e. The highest BCUT2D eigenvalue weighted by Crippen LogP contribution is 2.56. The van der Waals surface area contributed by atoms with Crippen molar-refractivity contribution < 1.29 is 33.0 Å². The van der Waals surface area contributed by atoms with Crippen molar-refractivity contribution in [2.75, 3.05) is 6.61 Å². The minimum Gasteiger partial charge on any atom is -0.462 e. The average Bonchev–Trinajstić information content (AvgIpc) is 3.22. The topological polar surface area (TPSA) is 103 Å². The Morgan fingerprint density at radius 3 is 2.64 bits per heavy atom. The molecule has 28 heavy (non-hydrogen) atoms. The Hall–Kier alpha value is -1.15. The first-order chi connectivity index (χ1) is 13.1. The molecular weight excluding hydrogens is 409 g/mol. The molecule has 8 nitrogen and oxygen atoms in total. The van der Waals surface area contributed by atoms with E-state index in [9.17, 15) is 14.5 Å². The molecule has 1 aliphatic carbocycles. The fourth-order valence-electron chi connectivity index (χ4n) is 2.93. The average molecular weight is 434 g/mol. The van der Waals surface area contributed by atoms with Gasteiger partial charge in [-0.15, -0.1) is 11.6 Å². The Balaban J connectivity index is 1.67. The Kier molecular flexibility index (Phi) is 6.39.